The predicted octanol–water partition coefficient (Wildman–Crippen LogP) is 1.20. The van der Waals surface area contributed by atoms with E-state index in [0.29, 0.717) is 18.2 Å². The second-order valence-electron chi connectivity index (χ2n) is 3.68. The Labute approximate surface area is 94.4 Å². The fourth-order valence-corrected chi connectivity index (χ4v) is 1.67. The normalized spacial score (nSPS) is 19.1. The number of nitriles is 1. The minimum atomic E-state index is 0.291. The number of rotatable bonds is 3. The highest BCUT2D eigenvalue weighted by atomic mass is 16.5. The molecule has 84 valence electrons. The molecule has 1 aliphatic rings. The van der Waals surface area contributed by atoms with Crippen molar-refractivity contribution in [2.75, 3.05) is 30.9 Å². The first kappa shape index (κ1) is 10.7. The van der Waals surface area contributed by atoms with E-state index in [1.165, 1.54) is 0 Å². The molecule has 0 saturated carbocycles. The first-order valence-electron chi connectivity index (χ1n) is 5.25. The molecule has 1 atom stereocenters. The van der Waals surface area contributed by atoms with E-state index in [1.807, 2.05) is 6.07 Å². The number of nitrogens with zero attached hydrogens (tertiary/aromatic N) is 2. The average Bonchev–Trinajstić information content (AvgIpc) is 2.82. The van der Waals surface area contributed by atoms with Crippen LogP contribution < -0.4 is 10.6 Å². The van der Waals surface area contributed by atoms with Gasteiger partial charge < -0.3 is 15.4 Å². The van der Waals surface area contributed by atoms with Crippen molar-refractivity contribution in [3.8, 4) is 6.07 Å². The molecule has 16 heavy (non-hydrogen) atoms. The van der Waals surface area contributed by atoms with E-state index in [1.54, 1.807) is 13.2 Å². The van der Waals surface area contributed by atoms with Crippen LogP contribution in [-0.4, -0.2) is 31.3 Å². The van der Waals surface area contributed by atoms with Crippen LogP contribution in [0.3, 0.4) is 0 Å². The van der Waals surface area contributed by atoms with Crippen LogP contribution in [0.15, 0.2) is 12.3 Å². The summed E-state index contributed by atoms with van der Waals surface area (Å²) in [5.41, 5.74) is 1.38. The van der Waals surface area contributed by atoms with E-state index in [0.717, 1.165) is 24.5 Å². The highest BCUT2D eigenvalue weighted by Gasteiger charge is 2.16. The quantitative estimate of drug-likeness (QED) is 0.797. The van der Waals surface area contributed by atoms with Crippen molar-refractivity contribution in [1.29, 1.82) is 5.26 Å². The van der Waals surface area contributed by atoms with E-state index in [9.17, 15) is 0 Å². The molecular weight excluding hydrogens is 204 g/mol. The fraction of sp³-hybridized carbons (Fsp3) is 0.455. The fourth-order valence-electron chi connectivity index (χ4n) is 1.67. The average molecular weight is 218 g/mol. The molecular formula is C11H14N4O. The number of nitrogens with one attached hydrogen (secondary N) is 2. The summed E-state index contributed by atoms with van der Waals surface area (Å²) < 4.78 is 5.28. The van der Waals surface area contributed by atoms with Crippen LogP contribution in [0.25, 0.3) is 0 Å². The van der Waals surface area contributed by atoms with Gasteiger partial charge in [-0.15, -0.1) is 0 Å². The van der Waals surface area contributed by atoms with E-state index < -0.39 is 0 Å². The van der Waals surface area contributed by atoms with Gasteiger partial charge in [0.05, 0.1) is 23.9 Å². The van der Waals surface area contributed by atoms with Crippen LogP contribution in [0.2, 0.25) is 0 Å². The third-order valence-electron chi connectivity index (χ3n) is 2.57. The molecule has 1 aromatic rings. The molecule has 1 saturated heterocycles. The summed E-state index contributed by atoms with van der Waals surface area (Å²) in [6.45, 7) is 1.48. The van der Waals surface area contributed by atoms with Crippen molar-refractivity contribution in [1.82, 2.24) is 4.98 Å². The topological polar surface area (TPSA) is 70.0 Å². The van der Waals surface area contributed by atoms with Crippen molar-refractivity contribution in [2.24, 2.45) is 0 Å². The van der Waals surface area contributed by atoms with Gasteiger partial charge in [-0.2, -0.15) is 5.26 Å². The molecule has 0 spiro atoms. The Morgan fingerprint density at radius 2 is 2.50 bits per heavy atom. The van der Waals surface area contributed by atoms with Crippen molar-refractivity contribution in [3.63, 3.8) is 0 Å². The monoisotopic (exact) mass is 218 g/mol. The molecule has 0 amide bonds. The van der Waals surface area contributed by atoms with E-state index in [2.05, 4.69) is 21.7 Å². The molecule has 1 aliphatic heterocycles. The molecule has 0 bridgehead atoms. The molecule has 2 heterocycles. The summed E-state index contributed by atoms with van der Waals surface area (Å²) in [7, 11) is 1.80. The van der Waals surface area contributed by atoms with E-state index >= 15 is 0 Å². The van der Waals surface area contributed by atoms with Gasteiger partial charge >= 0.3 is 0 Å². The van der Waals surface area contributed by atoms with Gasteiger partial charge in [0.15, 0.2) is 0 Å². The summed E-state index contributed by atoms with van der Waals surface area (Å²) in [4.78, 5) is 4.10. The van der Waals surface area contributed by atoms with Crippen molar-refractivity contribution in [3.05, 3.63) is 17.8 Å². The van der Waals surface area contributed by atoms with Gasteiger partial charge in [-0.1, -0.05) is 0 Å². The third kappa shape index (κ3) is 2.23. The van der Waals surface area contributed by atoms with Gasteiger partial charge in [0, 0.05) is 25.9 Å². The maximum atomic E-state index is 8.97. The van der Waals surface area contributed by atoms with Gasteiger partial charge in [0.25, 0.3) is 0 Å². The van der Waals surface area contributed by atoms with E-state index in [4.69, 9.17) is 10.00 Å². The molecule has 1 fully saturated rings. The van der Waals surface area contributed by atoms with Crippen LogP contribution in [0.1, 0.15) is 12.0 Å². The Kier molecular flexibility index (Phi) is 3.22. The Bertz CT molecular complexity index is 407. The van der Waals surface area contributed by atoms with Crippen LogP contribution in [0.5, 0.6) is 0 Å². The second kappa shape index (κ2) is 4.81. The number of anilines is 2. The third-order valence-corrected chi connectivity index (χ3v) is 2.57. The minimum absolute atomic E-state index is 0.291. The molecule has 0 radical (unpaired) electrons. The minimum Gasteiger partial charge on any atom is -0.379 e. The van der Waals surface area contributed by atoms with Crippen LogP contribution in [-0.2, 0) is 4.74 Å². The number of hydrogen-bond acceptors (Lipinski definition) is 5. The lowest BCUT2D eigenvalue weighted by Crippen LogP contribution is -2.19. The molecule has 1 aromatic heterocycles. The SMILES string of the molecule is CNc1cc(NC2CCOC2)c(C#N)cn1. The smallest absolute Gasteiger partial charge is 0.127 e. The Hall–Kier alpha value is -1.80. The summed E-state index contributed by atoms with van der Waals surface area (Å²) in [6.07, 6.45) is 2.55. The lowest BCUT2D eigenvalue weighted by molar-refractivity contribution is 0.195. The molecule has 1 unspecified atom stereocenters. The summed E-state index contributed by atoms with van der Waals surface area (Å²) in [6, 6.07) is 4.26. The van der Waals surface area contributed by atoms with Crippen LogP contribution in [0.4, 0.5) is 11.5 Å². The molecule has 0 aliphatic carbocycles. The highest BCUT2D eigenvalue weighted by molar-refractivity contribution is 5.62. The van der Waals surface area contributed by atoms with Gasteiger partial charge in [0.1, 0.15) is 11.9 Å². The van der Waals surface area contributed by atoms with Crippen molar-refractivity contribution >= 4 is 11.5 Å². The molecule has 2 rings (SSSR count). The Morgan fingerprint density at radius 3 is 3.12 bits per heavy atom. The van der Waals surface area contributed by atoms with Gasteiger partial charge in [-0.05, 0) is 6.42 Å². The summed E-state index contributed by atoms with van der Waals surface area (Å²) in [5.74, 6) is 0.750. The molecule has 0 aromatic carbocycles. The second-order valence-corrected chi connectivity index (χ2v) is 3.68. The number of hydrogen-bond donors (Lipinski definition) is 2. The predicted molar refractivity (Wildman–Crippen MR) is 61.3 cm³/mol. The van der Waals surface area contributed by atoms with Crippen molar-refractivity contribution in [2.45, 2.75) is 12.5 Å². The maximum absolute atomic E-state index is 8.97. The van der Waals surface area contributed by atoms with E-state index in [-0.39, 0.29) is 0 Å². The van der Waals surface area contributed by atoms with Gasteiger partial charge in [-0.3, -0.25) is 0 Å². The first-order valence-corrected chi connectivity index (χ1v) is 5.25. The van der Waals surface area contributed by atoms with Crippen LogP contribution >= 0.6 is 0 Å². The largest absolute Gasteiger partial charge is 0.379 e. The van der Waals surface area contributed by atoms with Gasteiger partial charge in [0.2, 0.25) is 0 Å². The zero-order valence-corrected chi connectivity index (χ0v) is 9.16. The lowest BCUT2D eigenvalue weighted by atomic mass is 10.2. The summed E-state index contributed by atoms with van der Waals surface area (Å²) >= 11 is 0. The molecule has 2 N–H and O–H groups in total. The lowest BCUT2D eigenvalue weighted by Gasteiger charge is -2.14. The highest BCUT2D eigenvalue weighted by Crippen LogP contribution is 2.20. The van der Waals surface area contributed by atoms with Gasteiger partial charge in [-0.25, -0.2) is 4.98 Å². The number of aromatic nitrogens is 1. The van der Waals surface area contributed by atoms with Crippen LogP contribution in [0, 0.1) is 11.3 Å². The zero-order chi connectivity index (χ0) is 11.4. The number of ether oxygens (including phenoxy) is 1. The Morgan fingerprint density at radius 1 is 1.62 bits per heavy atom. The Balaban J connectivity index is 2.19. The maximum Gasteiger partial charge on any atom is 0.127 e. The molecule has 5 heteroatoms. The zero-order valence-electron chi connectivity index (χ0n) is 9.16. The number of pyridine rings is 1. The first-order chi connectivity index (χ1) is 7.83. The standard InChI is InChI=1S/C11H14N4O/c1-13-11-4-10(8(5-12)6-14-11)15-9-2-3-16-7-9/h4,6,9H,2-3,7H2,1H3,(H2,13,14,15). The summed E-state index contributed by atoms with van der Waals surface area (Å²) in [5, 5.41) is 15.2. The molecule has 5 nitrogen and oxygen atoms in total. The van der Waals surface area contributed by atoms with Crippen molar-refractivity contribution < 1.29 is 4.74 Å².